The Morgan fingerprint density at radius 3 is 2.67 bits per heavy atom. The maximum atomic E-state index is 11.9. The summed E-state index contributed by atoms with van der Waals surface area (Å²) in [5.74, 6) is 3.97. The van der Waals surface area contributed by atoms with E-state index in [0.29, 0.717) is 35.1 Å². The van der Waals surface area contributed by atoms with E-state index in [2.05, 4.69) is 20.8 Å². The Balaban J connectivity index is 1.63. The fourth-order valence-electron chi connectivity index (χ4n) is 7.66. The average Bonchev–Trinajstić information content (AvgIpc) is 2.92. The molecule has 3 saturated carbocycles. The SMILES string of the molecule is C[C@H](CO)[C@H]1CCC2[C@@H]3CCC4=CC(=O)CC[C@]4(C)[C@H]3CC[C@@]21C. The van der Waals surface area contributed by atoms with Crippen molar-refractivity contribution in [1.29, 1.82) is 0 Å². The molecule has 0 aromatic heterocycles. The summed E-state index contributed by atoms with van der Waals surface area (Å²) in [5.41, 5.74) is 2.20. The molecule has 7 atom stereocenters. The summed E-state index contributed by atoms with van der Waals surface area (Å²) < 4.78 is 0. The second-order valence-electron chi connectivity index (χ2n) is 9.86. The molecule has 0 heterocycles. The van der Waals surface area contributed by atoms with Crippen molar-refractivity contribution in [2.45, 2.75) is 72.1 Å². The third-order valence-electron chi connectivity index (χ3n) is 9.01. The molecule has 2 nitrogen and oxygen atoms in total. The van der Waals surface area contributed by atoms with Crippen molar-refractivity contribution >= 4 is 5.78 Å². The molecule has 1 unspecified atom stereocenters. The van der Waals surface area contributed by atoms with Crippen LogP contribution in [0.3, 0.4) is 0 Å². The lowest BCUT2D eigenvalue weighted by Gasteiger charge is -2.58. The van der Waals surface area contributed by atoms with Crippen molar-refractivity contribution in [3.05, 3.63) is 11.6 Å². The first-order valence-corrected chi connectivity index (χ1v) is 10.2. The number of rotatable bonds is 2. The summed E-state index contributed by atoms with van der Waals surface area (Å²) in [7, 11) is 0. The molecule has 4 aliphatic carbocycles. The molecule has 4 aliphatic rings. The Morgan fingerprint density at radius 2 is 1.92 bits per heavy atom. The van der Waals surface area contributed by atoms with E-state index in [-0.39, 0.29) is 0 Å². The molecule has 0 aromatic carbocycles. The third kappa shape index (κ3) is 2.21. The van der Waals surface area contributed by atoms with Crippen LogP contribution < -0.4 is 0 Å². The zero-order valence-electron chi connectivity index (χ0n) is 15.7. The molecule has 2 heteroatoms. The van der Waals surface area contributed by atoms with Gasteiger partial charge in [0.25, 0.3) is 0 Å². The molecule has 0 spiro atoms. The number of allylic oxidation sites excluding steroid dienone is 1. The second kappa shape index (κ2) is 5.69. The molecule has 3 fully saturated rings. The van der Waals surface area contributed by atoms with Crippen molar-refractivity contribution in [3.63, 3.8) is 0 Å². The van der Waals surface area contributed by atoms with Gasteiger partial charge in [0.15, 0.2) is 5.78 Å². The minimum absolute atomic E-state index is 0.291. The van der Waals surface area contributed by atoms with Gasteiger partial charge < -0.3 is 5.11 Å². The predicted octanol–water partition coefficient (Wildman–Crippen LogP) is 4.76. The van der Waals surface area contributed by atoms with Gasteiger partial charge in [-0.2, -0.15) is 0 Å². The largest absolute Gasteiger partial charge is 0.396 e. The number of aliphatic hydroxyl groups is 1. The first kappa shape index (κ1) is 16.8. The van der Waals surface area contributed by atoms with E-state index < -0.39 is 0 Å². The predicted molar refractivity (Wildman–Crippen MR) is 96.4 cm³/mol. The number of carbonyl (C=O) groups excluding carboxylic acids is 1. The number of aliphatic hydroxyl groups excluding tert-OH is 1. The van der Waals surface area contributed by atoms with Crippen molar-refractivity contribution < 1.29 is 9.90 Å². The molecule has 1 N–H and O–H groups in total. The minimum Gasteiger partial charge on any atom is -0.396 e. The molecule has 0 aliphatic heterocycles. The van der Waals surface area contributed by atoms with E-state index in [9.17, 15) is 9.90 Å². The monoisotopic (exact) mass is 330 g/mol. The van der Waals surface area contributed by atoms with E-state index in [1.807, 2.05) is 6.08 Å². The zero-order valence-corrected chi connectivity index (χ0v) is 15.7. The van der Waals surface area contributed by atoms with Gasteiger partial charge in [0, 0.05) is 13.0 Å². The number of hydrogen-bond acceptors (Lipinski definition) is 2. The maximum absolute atomic E-state index is 11.9. The molecular formula is C22H34O2. The highest BCUT2D eigenvalue weighted by Gasteiger charge is 2.59. The van der Waals surface area contributed by atoms with Crippen molar-refractivity contribution in [1.82, 2.24) is 0 Å². The molecule has 0 saturated heterocycles. The molecular weight excluding hydrogens is 296 g/mol. The van der Waals surface area contributed by atoms with Gasteiger partial charge in [0.05, 0.1) is 0 Å². The third-order valence-corrected chi connectivity index (χ3v) is 9.01. The van der Waals surface area contributed by atoms with Crippen molar-refractivity contribution in [3.8, 4) is 0 Å². The van der Waals surface area contributed by atoms with Crippen LogP contribution in [0.2, 0.25) is 0 Å². The Kier molecular flexibility index (Phi) is 3.99. The van der Waals surface area contributed by atoms with Crippen LogP contribution in [-0.2, 0) is 4.79 Å². The smallest absolute Gasteiger partial charge is 0.155 e. The highest BCUT2D eigenvalue weighted by atomic mass is 16.3. The topological polar surface area (TPSA) is 37.3 Å². The summed E-state index contributed by atoms with van der Waals surface area (Å²) in [5, 5.41) is 9.71. The van der Waals surface area contributed by atoms with Crippen molar-refractivity contribution in [2.75, 3.05) is 6.61 Å². The summed E-state index contributed by atoms with van der Waals surface area (Å²) in [6.07, 6.45) is 11.6. The van der Waals surface area contributed by atoms with E-state index in [0.717, 1.165) is 37.0 Å². The first-order chi connectivity index (χ1) is 11.4. The van der Waals surface area contributed by atoms with Crippen LogP contribution in [0.5, 0.6) is 0 Å². The van der Waals surface area contributed by atoms with Gasteiger partial charge >= 0.3 is 0 Å². The second-order valence-corrected chi connectivity index (χ2v) is 9.86. The summed E-state index contributed by atoms with van der Waals surface area (Å²) >= 11 is 0. The normalized spacial score (nSPS) is 49.0. The Morgan fingerprint density at radius 1 is 1.12 bits per heavy atom. The van der Waals surface area contributed by atoms with E-state index >= 15 is 0 Å². The molecule has 0 amide bonds. The standard InChI is InChI=1S/C22H34O2/c1-14(13-23)18-6-7-19-17-5-4-15-12-16(24)8-10-21(15,2)20(17)9-11-22(18,19)3/h12,14,17-20,23H,4-11,13H2,1-3H3/t14-,17+,18-,19?,20+,21+,22-/m1/s1. The molecule has 134 valence electrons. The number of ketones is 1. The minimum atomic E-state index is 0.291. The van der Waals surface area contributed by atoms with Gasteiger partial charge in [0.1, 0.15) is 0 Å². The maximum Gasteiger partial charge on any atom is 0.155 e. The lowest BCUT2D eigenvalue weighted by atomic mass is 9.46. The van der Waals surface area contributed by atoms with Crippen LogP contribution in [0.1, 0.15) is 72.1 Å². The van der Waals surface area contributed by atoms with Gasteiger partial charge in [-0.3, -0.25) is 4.79 Å². The molecule has 0 aromatic rings. The zero-order chi connectivity index (χ0) is 17.1. The number of fused-ring (bicyclic) bond motifs is 5. The quantitative estimate of drug-likeness (QED) is 0.792. The fourth-order valence-corrected chi connectivity index (χ4v) is 7.66. The lowest BCUT2D eigenvalue weighted by Crippen LogP contribution is -2.51. The summed E-state index contributed by atoms with van der Waals surface area (Å²) in [6, 6.07) is 0. The first-order valence-electron chi connectivity index (χ1n) is 10.2. The van der Waals surface area contributed by atoms with Gasteiger partial charge in [-0.15, -0.1) is 0 Å². The van der Waals surface area contributed by atoms with Crippen LogP contribution in [0, 0.1) is 40.4 Å². The lowest BCUT2D eigenvalue weighted by molar-refractivity contribution is -0.117. The van der Waals surface area contributed by atoms with Crippen LogP contribution in [-0.4, -0.2) is 17.5 Å². The Labute approximate surface area is 147 Å². The number of hydrogen-bond donors (Lipinski definition) is 1. The summed E-state index contributed by atoms with van der Waals surface area (Å²) in [6.45, 7) is 7.59. The average molecular weight is 331 g/mol. The van der Waals surface area contributed by atoms with Gasteiger partial charge in [-0.25, -0.2) is 0 Å². The van der Waals surface area contributed by atoms with E-state index in [4.69, 9.17) is 0 Å². The highest BCUT2D eigenvalue weighted by Crippen LogP contribution is 2.67. The van der Waals surface area contributed by atoms with Gasteiger partial charge in [-0.05, 0) is 91.4 Å². The van der Waals surface area contributed by atoms with Gasteiger partial charge in [-0.1, -0.05) is 26.3 Å². The van der Waals surface area contributed by atoms with Crippen LogP contribution in [0.25, 0.3) is 0 Å². The van der Waals surface area contributed by atoms with Gasteiger partial charge in [0.2, 0.25) is 0 Å². The van der Waals surface area contributed by atoms with Crippen LogP contribution >= 0.6 is 0 Å². The molecule has 4 rings (SSSR count). The molecule has 0 radical (unpaired) electrons. The van der Waals surface area contributed by atoms with E-state index in [1.54, 1.807) is 0 Å². The Bertz CT molecular complexity index is 564. The van der Waals surface area contributed by atoms with E-state index in [1.165, 1.54) is 37.7 Å². The fraction of sp³-hybridized carbons (Fsp3) is 0.864. The molecule has 24 heavy (non-hydrogen) atoms. The Hall–Kier alpha value is -0.630. The van der Waals surface area contributed by atoms with Crippen LogP contribution in [0.15, 0.2) is 11.6 Å². The van der Waals surface area contributed by atoms with Crippen molar-refractivity contribution in [2.24, 2.45) is 40.4 Å². The van der Waals surface area contributed by atoms with Crippen LogP contribution in [0.4, 0.5) is 0 Å². The highest BCUT2D eigenvalue weighted by molar-refractivity contribution is 5.91. The molecule has 0 bridgehead atoms. The summed E-state index contributed by atoms with van der Waals surface area (Å²) in [4.78, 5) is 11.9. The number of carbonyl (C=O) groups is 1.